The highest BCUT2D eigenvalue weighted by atomic mass is 32.2. The first-order chi connectivity index (χ1) is 14.7. The van der Waals surface area contributed by atoms with Crippen LogP contribution in [0.25, 0.3) is 0 Å². The van der Waals surface area contributed by atoms with E-state index >= 15 is 0 Å². The molecule has 1 amide bonds. The van der Waals surface area contributed by atoms with E-state index in [1.54, 1.807) is 32.2 Å². The number of benzene rings is 3. The van der Waals surface area contributed by atoms with Crippen LogP contribution in [0.5, 0.6) is 5.75 Å². The Balaban J connectivity index is 1.78. The molecule has 0 aliphatic carbocycles. The van der Waals surface area contributed by atoms with Crippen LogP contribution in [0.3, 0.4) is 0 Å². The van der Waals surface area contributed by atoms with Gasteiger partial charge in [0.2, 0.25) is 0 Å². The van der Waals surface area contributed by atoms with Gasteiger partial charge in [-0.25, -0.2) is 8.42 Å². The van der Waals surface area contributed by atoms with Crippen molar-refractivity contribution in [1.82, 2.24) is 5.32 Å². The number of methoxy groups -OCH3 is 1. The zero-order valence-electron chi connectivity index (χ0n) is 18.0. The smallest absolute Gasteiger partial charge is 0.262 e. The van der Waals surface area contributed by atoms with E-state index < -0.39 is 10.0 Å². The third-order valence-electron chi connectivity index (χ3n) is 4.98. The van der Waals surface area contributed by atoms with Crippen molar-refractivity contribution in [3.63, 3.8) is 0 Å². The molecular weight excluding hydrogens is 412 g/mol. The van der Waals surface area contributed by atoms with Crippen LogP contribution in [0.2, 0.25) is 0 Å². The SMILES string of the molecule is COc1ccc(CNC(=O)c2ccc(C)c(S(=O)(=O)Nc3ccc(C)cc3C)c2)cc1. The van der Waals surface area contributed by atoms with E-state index in [1.807, 2.05) is 50.2 Å². The molecule has 0 unspecified atom stereocenters. The molecule has 31 heavy (non-hydrogen) atoms. The van der Waals surface area contributed by atoms with Gasteiger partial charge in [-0.3, -0.25) is 9.52 Å². The van der Waals surface area contributed by atoms with Gasteiger partial charge in [0.1, 0.15) is 5.75 Å². The number of carbonyl (C=O) groups is 1. The minimum absolute atomic E-state index is 0.0737. The predicted molar refractivity (Wildman–Crippen MR) is 122 cm³/mol. The minimum Gasteiger partial charge on any atom is -0.497 e. The molecule has 0 bridgehead atoms. The molecule has 0 heterocycles. The van der Waals surface area contributed by atoms with Gasteiger partial charge in [-0.1, -0.05) is 35.9 Å². The van der Waals surface area contributed by atoms with Gasteiger partial charge in [-0.15, -0.1) is 0 Å². The van der Waals surface area contributed by atoms with Crippen molar-refractivity contribution in [3.8, 4) is 5.75 Å². The van der Waals surface area contributed by atoms with Gasteiger partial charge in [0.15, 0.2) is 0 Å². The van der Waals surface area contributed by atoms with Gasteiger partial charge >= 0.3 is 0 Å². The molecule has 0 saturated carbocycles. The number of hydrogen-bond donors (Lipinski definition) is 2. The number of ether oxygens (including phenoxy) is 1. The first-order valence-electron chi connectivity index (χ1n) is 9.81. The Morgan fingerprint density at radius 3 is 2.26 bits per heavy atom. The zero-order valence-corrected chi connectivity index (χ0v) is 18.8. The standard InChI is InChI=1S/C24H26N2O4S/c1-16-5-12-22(18(3)13-16)26-31(28,29)23-14-20(9-6-17(23)2)24(27)25-15-19-7-10-21(30-4)11-8-19/h5-14,26H,15H2,1-4H3,(H,25,27). The van der Waals surface area contributed by atoms with Crippen molar-refractivity contribution in [2.45, 2.75) is 32.2 Å². The maximum Gasteiger partial charge on any atom is 0.262 e. The molecule has 0 saturated heterocycles. The molecule has 0 atom stereocenters. The molecule has 0 aliphatic heterocycles. The highest BCUT2D eigenvalue weighted by molar-refractivity contribution is 7.92. The average Bonchev–Trinajstić information content (AvgIpc) is 2.74. The fraction of sp³-hybridized carbons (Fsp3) is 0.208. The van der Waals surface area contributed by atoms with E-state index in [-0.39, 0.29) is 16.4 Å². The fourth-order valence-corrected chi connectivity index (χ4v) is 4.59. The molecule has 7 heteroatoms. The lowest BCUT2D eigenvalue weighted by Gasteiger charge is -2.14. The number of aryl methyl sites for hydroxylation is 3. The van der Waals surface area contributed by atoms with Gasteiger partial charge < -0.3 is 10.1 Å². The lowest BCUT2D eigenvalue weighted by atomic mass is 10.1. The summed E-state index contributed by atoms with van der Waals surface area (Å²) in [6, 6.07) is 17.5. The van der Waals surface area contributed by atoms with Gasteiger partial charge in [0, 0.05) is 12.1 Å². The Kier molecular flexibility index (Phi) is 6.65. The molecule has 6 nitrogen and oxygen atoms in total. The largest absolute Gasteiger partial charge is 0.497 e. The van der Waals surface area contributed by atoms with E-state index in [1.165, 1.54) is 6.07 Å². The second-order valence-electron chi connectivity index (χ2n) is 7.43. The maximum atomic E-state index is 13.0. The third-order valence-corrected chi connectivity index (χ3v) is 6.49. The van der Waals surface area contributed by atoms with Crippen LogP contribution in [0, 0.1) is 20.8 Å². The summed E-state index contributed by atoms with van der Waals surface area (Å²) in [5.74, 6) is 0.388. The maximum absolute atomic E-state index is 13.0. The lowest BCUT2D eigenvalue weighted by molar-refractivity contribution is 0.0950. The molecule has 3 aromatic rings. The van der Waals surface area contributed by atoms with Crippen molar-refractivity contribution in [3.05, 3.63) is 88.5 Å². The normalized spacial score (nSPS) is 11.1. The molecule has 0 fully saturated rings. The summed E-state index contributed by atoms with van der Waals surface area (Å²) in [5.41, 5.74) is 4.14. The van der Waals surface area contributed by atoms with Gasteiger partial charge in [-0.05, 0) is 67.8 Å². The number of sulfonamides is 1. The molecule has 0 radical (unpaired) electrons. The Morgan fingerprint density at radius 1 is 0.903 bits per heavy atom. The second kappa shape index (κ2) is 9.22. The summed E-state index contributed by atoms with van der Waals surface area (Å²) < 4.78 is 33.8. The van der Waals surface area contributed by atoms with Crippen LogP contribution in [-0.4, -0.2) is 21.4 Å². The first-order valence-corrected chi connectivity index (χ1v) is 11.3. The van der Waals surface area contributed by atoms with E-state index in [4.69, 9.17) is 4.74 Å². The summed E-state index contributed by atoms with van der Waals surface area (Å²) in [6.07, 6.45) is 0. The minimum atomic E-state index is -3.85. The van der Waals surface area contributed by atoms with E-state index in [0.29, 0.717) is 17.8 Å². The molecule has 162 valence electrons. The van der Waals surface area contributed by atoms with Gasteiger partial charge in [0.05, 0.1) is 17.7 Å². The summed E-state index contributed by atoms with van der Waals surface area (Å²) in [7, 11) is -2.26. The Morgan fingerprint density at radius 2 is 1.61 bits per heavy atom. The topological polar surface area (TPSA) is 84.5 Å². The summed E-state index contributed by atoms with van der Waals surface area (Å²) >= 11 is 0. The van der Waals surface area contributed by atoms with Crippen molar-refractivity contribution < 1.29 is 17.9 Å². The Hall–Kier alpha value is -3.32. The van der Waals surface area contributed by atoms with E-state index in [9.17, 15) is 13.2 Å². The molecule has 0 spiro atoms. The van der Waals surface area contributed by atoms with Crippen LogP contribution in [0.1, 0.15) is 32.6 Å². The molecular formula is C24H26N2O4S. The molecule has 3 rings (SSSR count). The van der Waals surface area contributed by atoms with E-state index in [0.717, 1.165) is 22.4 Å². The quantitative estimate of drug-likeness (QED) is 0.574. The van der Waals surface area contributed by atoms with E-state index in [2.05, 4.69) is 10.0 Å². The summed E-state index contributed by atoms with van der Waals surface area (Å²) in [5, 5.41) is 2.82. The van der Waals surface area contributed by atoms with Crippen molar-refractivity contribution in [2.24, 2.45) is 0 Å². The molecule has 0 aromatic heterocycles. The number of rotatable bonds is 7. The fourth-order valence-electron chi connectivity index (χ4n) is 3.19. The van der Waals surface area contributed by atoms with Crippen molar-refractivity contribution in [2.75, 3.05) is 11.8 Å². The zero-order chi connectivity index (χ0) is 22.6. The predicted octanol–water partition coefficient (Wildman–Crippen LogP) is 4.35. The number of carbonyl (C=O) groups excluding carboxylic acids is 1. The lowest BCUT2D eigenvalue weighted by Crippen LogP contribution is -2.23. The summed E-state index contributed by atoms with van der Waals surface area (Å²) in [4.78, 5) is 12.7. The highest BCUT2D eigenvalue weighted by Gasteiger charge is 2.20. The Bertz CT molecular complexity index is 1200. The van der Waals surface area contributed by atoms with Crippen LogP contribution in [-0.2, 0) is 16.6 Å². The molecule has 3 aromatic carbocycles. The number of anilines is 1. The molecule has 2 N–H and O–H groups in total. The number of nitrogens with one attached hydrogen (secondary N) is 2. The Labute approximate surface area is 183 Å². The van der Waals surface area contributed by atoms with Crippen molar-refractivity contribution >= 4 is 21.6 Å². The van der Waals surface area contributed by atoms with Crippen LogP contribution in [0.4, 0.5) is 5.69 Å². The van der Waals surface area contributed by atoms with Crippen LogP contribution in [0.15, 0.2) is 65.6 Å². The first kappa shape index (κ1) is 22.4. The summed E-state index contributed by atoms with van der Waals surface area (Å²) in [6.45, 7) is 5.82. The monoisotopic (exact) mass is 438 g/mol. The number of hydrogen-bond acceptors (Lipinski definition) is 4. The van der Waals surface area contributed by atoms with Crippen LogP contribution < -0.4 is 14.8 Å². The van der Waals surface area contributed by atoms with Crippen LogP contribution >= 0.6 is 0 Å². The average molecular weight is 439 g/mol. The highest BCUT2D eigenvalue weighted by Crippen LogP contribution is 2.23. The van der Waals surface area contributed by atoms with Crippen molar-refractivity contribution in [1.29, 1.82) is 0 Å². The molecule has 0 aliphatic rings. The van der Waals surface area contributed by atoms with Gasteiger partial charge in [-0.2, -0.15) is 0 Å². The third kappa shape index (κ3) is 5.44. The van der Waals surface area contributed by atoms with Gasteiger partial charge in [0.25, 0.3) is 15.9 Å². The second-order valence-corrected chi connectivity index (χ2v) is 9.09. The number of amides is 1.